The Morgan fingerprint density at radius 1 is 1.05 bits per heavy atom. The molecule has 0 fully saturated rings. The average Bonchev–Trinajstić information content (AvgIpc) is 2.36. The van der Waals surface area contributed by atoms with Crippen molar-refractivity contribution in [2.75, 3.05) is 11.9 Å². The van der Waals surface area contributed by atoms with Gasteiger partial charge in [0.15, 0.2) is 0 Å². The number of benzene rings is 1. The summed E-state index contributed by atoms with van der Waals surface area (Å²) in [5.41, 5.74) is 2.29. The van der Waals surface area contributed by atoms with Crippen molar-refractivity contribution >= 4 is 11.6 Å². The Bertz CT molecular complexity index is 396. The van der Waals surface area contributed by atoms with Crippen LogP contribution in [0.15, 0.2) is 24.3 Å². The standard InChI is InChI=1S/C16H26N2O/c1-11(2)10-17-16(19)13(5)18-15-8-6-14(7-9-15)12(3)4/h6-9,11-13,18H,10H2,1-5H3,(H,17,19). The molecule has 2 N–H and O–H groups in total. The third kappa shape index (κ3) is 5.33. The molecule has 0 aliphatic heterocycles. The lowest BCUT2D eigenvalue weighted by molar-refractivity contribution is -0.121. The Labute approximate surface area is 116 Å². The number of amides is 1. The first-order valence-electron chi connectivity index (χ1n) is 7.04. The summed E-state index contributed by atoms with van der Waals surface area (Å²) < 4.78 is 0. The number of nitrogens with one attached hydrogen (secondary N) is 2. The van der Waals surface area contributed by atoms with Crippen molar-refractivity contribution in [2.24, 2.45) is 5.92 Å². The minimum Gasteiger partial charge on any atom is -0.374 e. The summed E-state index contributed by atoms with van der Waals surface area (Å²) in [4.78, 5) is 11.9. The molecule has 0 aliphatic carbocycles. The molecule has 1 atom stereocenters. The van der Waals surface area contributed by atoms with E-state index in [2.05, 4.69) is 50.5 Å². The van der Waals surface area contributed by atoms with Gasteiger partial charge in [0, 0.05) is 12.2 Å². The molecule has 0 aromatic heterocycles. The van der Waals surface area contributed by atoms with E-state index < -0.39 is 0 Å². The molecular formula is C16H26N2O. The predicted molar refractivity (Wildman–Crippen MR) is 81.5 cm³/mol. The molecule has 0 bridgehead atoms. The van der Waals surface area contributed by atoms with Crippen LogP contribution in [0.3, 0.4) is 0 Å². The molecule has 0 aliphatic rings. The van der Waals surface area contributed by atoms with Crippen molar-refractivity contribution < 1.29 is 4.79 Å². The summed E-state index contributed by atoms with van der Waals surface area (Å²) in [7, 11) is 0. The SMILES string of the molecule is CC(C)CNC(=O)C(C)Nc1ccc(C(C)C)cc1. The van der Waals surface area contributed by atoms with Crippen LogP contribution in [0.5, 0.6) is 0 Å². The van der Waals surface area contributed by atoms with Crippen LogP contribution in [0.4, 0.5) is 5.69 Å². The van der Waals surface area contributed by atoms with Crippen LogP contribution in [0.2, 0.25) is 0 Å². The fraction of sp³-hybridized carbons (Fsp3) is 0.562. The summed E-state index contributed by atoms with van der Waals surface area (Å²) in [5, 5.41) is 6.15. The largest absolute Gasteiger partial charge is 0.374 e. The quantitative estimate of drug-likeness (QED) is 0.825. The van der Waals surface area contributed by atoms with Gasteiger partial charge >= 0.3 is 0 Å². The van der Waals surface area contributed by atoms with Crippen LogP contribution >= 0.6 is 0 Å². The number of anilines is 1. The topological polar surface area (TPSA) is 41.1 Å². The second-order valence-corrected chi connectivity index (χ2v) is 5.78. The van der Waals surface area contributed by atoms with Gasteiger partial charge in [-0.2, -0.15) is 0 Å². The van der Waals surface area contributed by atoms with Crippen LogP contribution in [-0.4, -0.2) is 18.5 Å². The van der Waals surface area contributed by atoms with E-state index >= 15 is 0 Å². The van der Waals surface area contributed by atoms with E-state index in [1.165, 1.54) is 5.56 Å². The molecule has 0 spiro atoms. The van der Waals surface area contributed by atoms with Crippen LogP contribution in [0.25, 0.3) is 0 Å². The van der Waals surface area contributed by atoms with Gasteiger partial charge in [-0.25, -0.2) is 0 Å². The second-order valence-electron chi connectivity index (χ2n) is 5.78. The fourth-order valence-electron chi connectivity index (χ4n) is 1.74. The molecule has 0 heterocycles. The summed E-state index contributed by atoms with van der Waals surface area (Å²) in [6.07, 6.45) is 0. The van der Waals surface area contributed by atoms with Crippen LogP contribution in [-0.2, 0) is 4.79 Å². The average molecular weight is 262 g/mol. The van der Waals surface area contributed by atoms with Crippen molar-refractivity contribution in [3.63, 3.8) is 0 Å². The molecule has 1 unspecified atom stereocenters. The lowest BCUT2D eigenvalue weighted by Gasteiger charge is -2.16. The van der Waals surface area contributed by atoms with Crippen molar-refractivity contribution in [3.8, 4) is 0 Å². The second kappa shape index (κ2) is 7.17. The van der Waals surface area contributed by atoms with Crippen molar-refractivity contribution in [3.05, 3.63) is 29.8 Å². The molecule has 0 saturated carbocycles. The Balaban J connectivity index is 2.51. The summed E-state index contributed by atoms with van der Waals surface area (Å²) in [6, 6.07) is 8.05. The molecule has 19 heavy (non-hydrogen) atoms. The normalized spacial score (nSPS) is 12.6. The van der Waals surface area contributed by atoms with E-state index in [1.807, 2.05) is 19.1 Å². The highest BCUT2D eigenvalue weighted by molar-refractivity contribution is 5.84. The highest BCUT2D eigenvalue weighted by Gasteiger charge is 2.12. The maximum atomic E-state index is 11.9. The van der Waals surface area contributed by atoms with Crippen LogP contribution < -0.4 is 10.6 Å². The van der Waals surface area contributed by atoms with E-state index in [1.54, 1.807) is 0 Å². The smallest absolute Gasteiger partial charge is 0.242 e. The van der Waals surface area contributed by atoms with E-state index in [4.69, 9.17) is 0 Å². The highest BCUT2D eigenvalue weighted by atomic mass is 16.2. The molecule has 1 amide bonds. The first-order chi connectivity index (χ1) is 8.90. The molecule has 1 rings (SSSR count). The van der Waals surface area contributed by atoms with Gasteiger partial charge in [-0.3, -0.25) is 4.79 Å². The summed E-state index contributed by atoms with van der Waals surface area (Å²) in [6.45, 7) is 11.1. The van der Waals surface area contributed by atoms with Gasteiger partial charge in [0.05, 0.1) is 0 Å². The van der Waals surface area contributed by atoms with E-state index in [9.17, 15) is 4.79 Å². The van der Waals surface area contributed by atoms with Crippen molar-refractivity contribution in [2.45, 2.75) is 46.6 Å². The molecule has 106 valence electrons. The molecule has 0 saturated heterocycles. The summed E-state index contributed by atoms with van der Waals surface area (Å²) in [5.74, 6) is 1.05. The lowest BCUT2D eigenvalue weighted by atomic mass is 10.0. The molecule has 1 aromatic rings. The lowest BCUT2D eigenvalue weighted by Crippen LogP contribution is -2.39. The number of hydrogen-bond donors (Lipinski definition) is 2. The summed E-state index contributed by atoms with van der Waals surface area (Å²) >= 11 is 0. The maximum Gasteiger partial charge on any atom is 0.242 e. The van der Waals surface area contributed by atoms with Gasteiger partial charge in [-0.05, 0) is 36.5 Å². The molecule has 0 radical (unpaired) electrons. The van der Waals surface area contributed by atoms with Crippen LogP contribution in [0, 0.1) is 5.92 Å². The van der Waals surface area contributed by atoms with Gasteiger partial charge in [-0.1, -0.05) is 39.8 Å². The number of carbonyl (C=O) groups is 1. The molecule has 3 nitrogen and oxygen atoms in total. The molecule has 1 aromatic carbocycles. The Morgan fingerprint density at radius 3 is 2.11 bits per heavy atom. The van der Waals surface area contributed by atoms with Crippen LogP contribution in [0.1, 0.15) is 46.1 Å². The Kier molecular flexibility index (Phi) is 5.87. The Hall–Kier alpha value is -1.51. The zero-order valence-corrected chi connectivity index (χ0v) is 12.7. The van der Waals surface area contributed by atoms with E-state index in [0.717, 1.165) is 12.2 Å². The number of hydrogen-bond acceptors (Lipinski definition) is 2. The van der Waals surface area contributed by atoms with Gasteiger partial charge in [0.25, 0.3) is 0 Å². The van der Waals surface area contributed by atoms with Crippen molar-refractivity contribution in [1.82, 2.24) is 5.32 Å². The Morgan fingerprint density at radius 2 is 1.63 bits per heavy atom. The van der Waals surface area contributed by atoms with Gasteiger partial charge in [0.2, 0.25) is 5.91 Å². The minimum absolute atomic E-state index is 0.0432. The number of rotatable bonds is 6. The van der Waals surface area contributed by atoms with E-state index in [0.29, 0.717) is 11.8 Å². The molecular weight excluding hydrogens is 236 g/mol. The first-order valence-corrected chi connectivity index (χ1v) is 7.04. The van der Waals surface area contributed by atoms with Crippen molar-refractivity contribution in [1.29, 1.82) is 0 Å². The van der Waals surface area contributed by atoms with Gasteiger partial charge in [-0.15, -0.1) is 0 Å². The maximum absolute atomic E-state index is 11.9. The van der Waals surface area contributed by atoms with Gasteiger partial charge in [0.1, 0.15) is 6.04 Å². The zero-order valence-electron chi connectivity index (χ0n) is 12.7. The monoisotopic (exact) mass is 262 g/mol. The third-order valence-electron chi connectivity index (χ3n) is 3.04. The number of carbonyl (C=O) groups excluding carboxylic acids is 1. The zero-order chi connectivity index (χ0) is 14.4. The van der Waals surface area contributed by atoms with Gasteiger partial charge < -0.3 is 10.6 Å². The van der Waals surface area contributed by atoms with E-state index in [-0.39, 0.29) is 11.9 Å². The fourth-order valence-corrected chi connectivity index (χ4v) is 1.74. The predicted octanol–water partition coefficient (Wildman–Crippen LogP) is 3.38. The molecule has 3 heteroatoms. The third-order valence-corrected chi connectivity index (χ3v) is 3.04. The highest BCUT2D eigenvalue weighted by Crippen LogP contribution is 2.17. The minimum atomic E-state index is -0.219. The first kappa shape index (κ1) is 15.5.